The first-order valence-electron chi connectivity index (χ1n) is 9.49. The van der Waals surface area contributed by atoms with E-state index in [9.17, 15) is 4.79 Å². The second-order valence-corrected chi connectivity index (χ2v) is 7.07. The lowest BCUT2D eigenvalue weighted by molar-refractivity contribution is -0.112. The van der Waals surface area contributed by atoms with Crippen molar-refractivity contribution in [3.8, 4) is 0 Å². The van der Waals surface area contributed by atoms with Crippen molar-refractivity contribution in [2.24, 2.45) is 0 Å². The molecule has 0 aromatic heterocycles. The van der Waals surface area contributed by atoms with Crippen LogP contribution in [0, 0.1) is 0 Å². The Balaban J connectivity index is 1.35. The summed E-state index contributed by atoms with van der Waals surface area (Å²) in [6.07, 6.45) is 6.47. The van der Waals surface area contributed by atoms with Crippen molar-refractivity contribution in [2.45, 2.75) is 0 Å². The number of nitrogens with zero attached hydrogens (tertiary/aromatic N) is 3. The number of hydrogen-bond donors (Lipinski definition) is 0. The van der Waals surface area contributed by atoms with Gasteiger partial charge in [0, 0.05) is 51.5 Å². The molecule has 138 valence electrons. The van der Waals surface area contributed by atoms with Crippen LogP contribution in [-0.4, -0.2) is 55.5 Å². The lowest BCUT2D eigenvalue weighted by atomic mass is 10.1. The first-order chi connectivity index (χ1) is 13.2. The zero-order valence-corrected chi connectivity index (χ0v) is 15.7. The highest BCUT2D eigenvalue weighted by Crippen LogP contribution is 2.35. The quantitative estimate of drug-likeness (QED) is 0.784. The Hall–Kier alpha value is -2.85. The number of benzene rings is 2. The minimum Gasteiger partial charge on any atom is -0.374 e. The average Bonchev–Trinajstić information content (AvgIpc) is 2.95. The maximum Gasteiger partial charge on any atom is 0.260 e. The largest absolute Gasteiger partial charge is 0.374 e. The first-order valence-corrected chi connectivity index (χ1v) is 9.49. The van der Waals surface area contributed by atoms with E-state index in [4.69, 9.17) is 0 Å². The number of carbonyl (C=O) groups is 1. The van der Waals surface area contributed by atoms with Crippen molar-refractivity contribution in [3.05, 3.63) is 78.0 Å². The molecule has 0 N–H and O–H groups in total. The summed E-state index contributed by atoms with van der Waals surface area (Å²) in [5.74, 6) is 0.0874. The summed E-state index contributed by atoms with van der Waals surface area (Å²) in [6.45, 7) is 4.87. The standard InChI is InChI=1S/C23H25N3O/c1-24-22-12-6-5-11-20(22)21(23(24)27)18-26-16-14-25(15-17-26)13-7-10-19-8-3-2-4-9-19/h2-12,18H,13-17H2,1H3/b10-7+,21-18-. The monoisotopic (exact) mass is 359 g/mol. The van der Waals surface area contributed by atoms with Gasteiger partial charge < -0.3 is 9.80 Å². The zero-order valence-electron chi connectivity index (χ0n) is 15.7. The molecule has 2 aromatic rings. The molecule has 4 heteroatoms. The number of likely N-dealkylation sites (N-methyl/N-ethyl adjacent to an activating group) is 1. The first kappa shape index (κ1) is 17.6. The molecule has 0 atom stereocenters. The third-order valence-corrected chi connectivity index (χ3v) is 5.28. The van der Waals surface area contributed by atoms with Gasteiger partial charge in [-0.25, -0.2) is 0 Å². The zero-order chi connectivity index (χ0) is 18.6. The third-order valence-electron chi connectivity index (χ3n) is 5.28. The van der Waals surface area contributed by atoms with Gasteiger partial charge in [0.2, 0.25) is 0 Å². The summed E-state index contributed by atoms with van der Waals surface area (Å²) in [4.78, 5) is 19.1. The normalized spacial score (nSPS) is 19.3. The summed E-state index contributed by atoms with van der Waals surface area (Å²) in [6, 6.07) is 18.4. The molecule has 1 fully saturated rings. The highest BCUT2D eigenvalue weighted by atomic mass is 16.2. The van der Waals surface area contributed by atoms with Crippen LogP contribution in [0.25, 0.3) is 11.6 Å². The smallest absolute Gasteiger partial charge is 0.260 e. The van der Waals surface area contributed by atoms with Gasteiger partial charge in [0.05, 0.1) is 11.3 Å². The Labute approximate surface area is 161 Å². The van der Waals surface area contributed by atoms with E-state index in [0.29, 0.717) is 0 Å². The molecule has 27 heavy (non-hydrogen) atoms. The van der Waals surface area contributed by atoms with Crippen LogP contribution < -0.4 is 4.90 Å². The predicted molar refractivity (Wildman–Crippen MR) is 111 cm³/mol. The highest BCUT2D eigenvalue weighted by molar-refractivity contribution is 6.32. The number of hydrogen-bond acceptors (Lipinski definition) is 3. The van der Waals surface area contributed by atoms with Gasteiger partial charge in [-0.1, -0.05) is 60.7 Å². The molecule has 0 bridgehead atoms. The van der Waals surface area contributed by atoms with Crippen molar-refractivity contribution in [2.75, 3.05) is 44.7 Å². The maximum atomic E-state index is 12.6. The molecule has 0 spiro atoms. The van der Waals surface area contributed by atoms with Crippen LogP contribution in [0.1, 0.15) is 11.1 Å². The van der Waals surface area contributed by atoms with Gasteiger partial charge in [0.1, 0.15) is 0 Å². The van der Waals surface area contributed by atoms with Gasteiger partial charge in [-0.05, 0) is 11.6 Å². The van der Waals surface area contributed by atoms with E-state index in [2.05, 4.69) is 52.4 Å². The average molecular weight is 359 g/mol. The minimum atomic E-state index is 0.0874. The topological polar surface area (TPSA) is 26.8 Å². The van der Waals surface area contributed by atoms with E-state index in [-0.39, 0.29) is 5.91 Å². The molecule has 2 aliphatic rings. The Morgan fingerprint density at radius 2 is 1.63 bits per heavy atom. The number of rotatable bonds is 4. The number of para-hydroxylation sites is 1. The lowest BCUT2D eigenvalue weighted by Gasteiger charge is -2.33. The van der Waals surface area contributed by atoms with Crippen LogP contribution in [-0.2, 0) is 4.79 Å². The van der Waals surface area contributed by atoms with Gasteiger partial charge in [0.25, 0.3) is 5.91 Å². The number of fused-ring (bicyclic) bond motifs is 1. The van der Waals surface area contributed by atoms with Crippen molar-refractivity contribution in [1.82, 2.24) is 9.80 Å². The fourth-order valence-corrected chi connectivity index (χ4v) is 3.68. The SMILES string of the molecule is CN1C(=O)/C(=C\N2CCN(C/C=C/c3ccccc3)CC2)c2ccccc21. The number of piperazine rings is 1. The number of anilines is 1. The van der Waals surface area contributed by atoms with E-state index < -0.39 is 0 Å². The van der Waals surface area contributed by atoms with E-state index in [1.807, 2.05) is 37.4 Å². The summed E-state index contributed by atoms with van der Waals surface area (Å²) in [7, 11) is 1.85. The molecule has 2 heterocycles. The summed E-state index contributed by atoms with van der Waals surface area (Å²) < 4.78 is 0. The fourth-order valence-electron chi connectivity index (χ4n) is 3.68. The van der Waals surface area contributed by atoms with Crippen molar-refractivity contribution in [1.29, 1.82) is 0 Å². The Bertz CT molecular complexity index is 864. The van der Waals surface area contributed by atoms with Crippen LogP contribution in [0.4, 0.5) is 5.69 Å². The number of amides is 1. The van der Waals surface area contributed by atoms with Crippen molar-refractivity contribution >= 4 is 23.2 Å². The Morgan fingerprint density at radius 3 is 2.41 bits per heavy atom. The molecule has 0 saturated carbocycles. The van der Waals surface area contributed by atoms with Gasteiger partial charge >= 0.3 is 0 Å². The molecule has 1 saturated heterocycles. The summed E-state index contributed by atoms with van der Waals surface area (Å²) >= 11 is 0. The second-order valence-electron chi connectivity index (χ2n) is 7.07. The lowest BCUT2D eigenvalue weighted by Crippen LogP contribution is -2.44. The van der Waals surface area contributed by atoms with Gasteiger partial charge in [-0.15, -0.1) is 0 Å². The van der Waals surface area contributed by atoms with E-state index >= 15 is 0 Å². The minimum absolute atomic E-state index is 0.0874. The van der Waals surface area contributed by atoms with Crippen LogP contribution in [0.15, 0.2) is 66.9 Å². The molecular formula is C23H25N3O. The Morgan fingerprint density at radius 1 is 0.926 bits per heavy atom. The van der Waals surface area contributed by atoms with Crippen LogP contribution in [0.2, 0.25) is 0 Å². The summed E-state index contributed by atoms with van der Waals surface area (Å²) in [5, 5.41) is 0. The molecule has 0 radical (unpaired) electrons. The third kappa shape index (κ3) is 3.81. The molecule has 4 rings (SSSR count). The van der Waals surface area contributed by atoms with Gasteiger partial charge in [-0.3, -0.25) is 9.69 Å². The van der Waals surface area contributed by atoms with E-state index in [0.717, 1.165) is 49.5 Å². The predicted octanol–water partition coefficient (Wildman–Crippen LogP) is 3.33. The molecular weight excluding hydrogens is 334 g/mol. The number of carbonyl (C=O) groups excluding carboxylic acids is 1. The highest BCUT2D eigenvalue weighted by Gasteiger charge is 2.30. The molecule has 2 aromatic carbocycles. The molecule has 2 aliphatic heterocycles. The fraction of sp³-hybridized carbons (Fsp3) is 0.261. The molecule has 4 nitrogen and oxygen atoms in total. The van der Waals surface area contributed by atoms with E-state index in [1.165, 1.54) is 5.56 Å². The van der Waals surface area contributed by atoms with Crippen LogP contribution in [0.5, 0.6) is 0 Å². The van der Waals surface area contributed by atoms with Crippen LogP contribution >= 0.6 is 0 Å². The molecule has 1 amide bonds. The van der Waals surface area contributed by atoms with Crippen molar-refractivity contribution < 1.29 is 4.79 Å². The maximum absolute atomic E-state index is 12.6. The van der Waals surface area contributed by atoms with E-state index in [1.54, 1.807) is 4.90 Å². The van der Waals surface area contributed by atoms with Gasteiger partial charge in [-0.2, -0.15) is 0 Å². The second kappa shape index (κ2) is 7.80. The van der Waals surface area contributed by atoms with Crippen LogP contribution in [0.3, 0.4) is 0 Å². The Kier molecular flexibility index (Phi) is 5.07. The molecule has 0 aliphatic carbocycles. The van der Waals surface area contributed by atoms with Gasteiger partial charge in [0.15, 0.2) is 0 Å². The molecule has 0 unspecified atom stereocenters. The van der Waals surface area contributed by atoms with Crippen molar-refractivity contribution in [3.63, 3.8) is 0 Å². The summed E-state index contributed by atoms with van der Waals surface area (Å²) in [5.41, 5.74) is 4.09.